The summed E-state index contributed by atoms with van der Waals surface area (Å²) in [6.45, 7) is 0.0657. The monoisotopic (exact) mass is 342 g/mol. The number of carbonyl (C=O) groups is 2. The van der Waals surface area contributed by atoms with Crippen LogP contribution in [0, 0.1) is 0 Å². The van der Waals surface area contributed by atoms with E-state index in [0.717, 1.165) is 22.2 Å². The van der Waals surface area contributed by atoms with Gasteiger partial charge in [0, 0.05) is 15.4 Å². The van der Waals surface area contributed by atoms with E-state index in [1.165, 1.54) is 11.8 Å². The molecule has 0 saturated heterocycles. The highest BCUT2D eigenvalue weighted by Gasteiger charge is 2.23. The third kappa shape index (κ3) is 5.65. The topological polar surface area (TPSA) is 58.2 Å². The lowest BCUT2D eigenvalue weighted by Gasteiger charge is -2.06. The van der Waals surface area contributed by atoms with Crippen molar-refractivity contribution in [1.82, 2.24) is 10.6 Å². The van der Waals surface area contributed by atoms with Gasteiger partial charge in [0.1, 0.15) is 0 Å². The molecule has 0 aliphatic heterocycles. The van der Waals surface area contributed by atoms with Gasteiger partial charge in [-0.3, -0.25) is 9.59 Å². The molecule has 19 heavy (non-hydrogen) atoms. The van der Waals surface area contributed by atoms with Crippen LogP contribution in [0.2, 0.25) is 0 Å². The molecule has 1 aromatic rings. The summed E-state index contributed by atoms with van der Waals surface area (Å²) >= 11 is 4.81. The van der Waals surface area contributed by atoms with Gasteiger partial charge in [-0.05, 0) is 37.1 Å². The molecule has 0 unspecified atom stereocenters. The lowest BCUT2D eigenvalue weighted by Crippen LogP contribution is -2.38. The summed E-state index contributed by atoms with van der Waals surface area (Å²) in [6.07, 6.45) is 2.11. The summed E-state index contributed by atoms with van der Waals surface area (Å²) in [6, 6.07) is 8.09. The third-order valence-electron chi connectivity index (χ3n) is 2.57. The van der Waals surface area contributed by atoms with E-state index in [1.807, 2.05) is 24.3 Å². The second-order valence-electron chi connectivity index (χ2n) is 4.36. The van der Waals surface area contributed by atoms with Crippen LogP contribution < -0.4 is 10.6 Å². The van der Waals surface area contributed by atoms with Crippen LogP contribution in [0.4, 0.5) is 0 Å². The molecule has 1 aromatic carbocycles. The van der Waals surface area contributed by atoms with Crippen molar-refractivity contribution >= 4 is 39.5 Å². The number of hydrogen-bond acceptors (Lipinski definition) is 3. The quantitative estimate of drug-likeness (QED) is 0.776. The van der Waals surface area contributed by atoms with E-state index in [-0.39, 0.29) is 18.4 Å². The third-order valence-corrected chi connectivity index (χ3v) is 4.11. The van der Waals surface area contributed by atoms with E-state index in [4.69, 9.17) is 0 Å². The summed E-state index contributed by atoms with van der Waals surface area (Å²) in [7, 11) is 0. The van der Waals surface area contributed by atoms with Crippen molar-refractivity contribution in [2.24, 2.45) is 0 Å². The molecule has 4 nitrogen and oxygen atoms in total. The van der Waals surface area contributed by atoms with Gasteiger partial charge < -0.3 is 10.6 Å². The summed E-state index contributed by atoms with van der Waals surface area (Å²) < 4.78 is 1.01. The normalized spacial score (nSPS) is 13.9. The maximum absolute atomic E-state index is 11.6. The van der Waals surface area contributed by atoms with Crippen molar-refractivity contribution < 1.29 is 9.59 Å². The zero-order valence-corrected chi connectivity index (χ0v) is 12.7. The van der Waals surface area contributed by atoms with E-state index in [0.29, 0.717) is 11.8 Å². The van der Waals surface area contributed by atoms with Crippen molar-refractivity contribution in [2.45, 2.75) is 23.8 Å². The number of carbonyl (C=O) groups excluding carboxylic acids is 2. The molecular weight excluding hydrogens is 328 g/mol. The van der Waals surface area contributed by atoms with Crippen LogP contribution in [-0.4, -0.2) is 30.2 Å². The van der Waals surface area contributed by atoms with Gasteiger partial charge in [-0.2, -0.15) is 0 Å². The minimum atomic E-state index is -0.126. The van der Waals surface area contributed by atoms with E-state index >= 15 is 0 Å². The maximum Gasteiger partial charge on any atom is 0.239 e. The van der Waals surface area contributed by atoms with Gasteiger partial charge in [0.05, 0.1) is 12.3 Å². The number of thioether (sulfide) groups is 1. The minimum Gasteiger partial charge on any atom is -0.352 e. The number of rotatable bonds is 6. The number of amides is 2. The Kier molecular flexibility index (Phi) is 5.27. The zero-order chi connectivity index (χ0) is 13.7. The summed E-state index contributed by atoms with van der Waals surface area (Å²) in [5.74, 6) is 0.0848. The molecule has 1 fully saturated rings. The van der Waals surface area contributed by atoms with Crippen molar-refractivity contribution in [3.05, 3.63) is 28.7 Å². The number of nitrogens with one attached hydrogen (secondary N) is 2. The molecule has 0 aromatic heterocycles. The highest BCUT2D eigenvalue weighted by Crippen LogP contribution is 2.20. The molecule has 0 radical (unpaired) electrons. The van der Waals surface area contributed by atoms with E-state index < -0.39 is 0 Å². The molecule has 0 atom stereocenters. The Morgan fingerprint density at radius 3 is 2.53 bits per heavy atom. The van der Waals surface area contributed by atoms with Gasteiger partial charge in [-0.1, -0.05) is 15.9 Å². The van der Waals surface area contributed by atoms with Crippen molar-refractivity contribution in [3.8, 4) is 0 Å². The highest BCUT2D eigenvalue weighted by molar-refractivity contribution is 9.10. The van der Waals surface area contributed by atoms with Gasteiger partial charge in [-0.15, -0.1) is 11.8 Å². The fraction of sp³-hybridized carbons (Fsp3) is 0.385. The van der Waals surface area contributed by atoms with Crippen molar-refractivity contribution in [3.63, 3.8) is 0 Å². The second kappa shape index (κ2) is 6.96. The first kappa shape index (κ1) is 14.4. The molecule has 1 aliphatic rings. The highest BCUT2D eigenvalue weighted by atomic mass is 79.9. The molecule has 6 heteroatoms. The minimum absolute atomic E-state index is 0.0657. The summed E-state index contributed by atoms with van der Waals surface area (Å²) in [5, 5.41) is 5.44. The Morgan fingerprint density at radius 1 is 1.21 bits per heavy atom. The molecule has 0 bridgehead atoms. The predicted octanol–water partition coefficient (Wildman–Crippen LogP) is 1.94. The van der Waals surface area contributed by atoms with E-state index in [2.05, 4.69) is 26.6 Å². The van der Waals surface area contributed by atoms with Gasteiger partial charge >= 0.3 is 0 Å². The van der Waals surface area contributed by atoms with Crippen molar-refractivity contribution in [2.75, 3.05) is 12.3 Å². The van der Waals surface area contributed by atoms with Crippen LogP contribution in [0.15, 0.2) is 33.6 Å². The number of hydrogen-bond donors (Lipinski definition) is 2. The van der Waals surface area contributed by atoms with Crippen LogP contribution in [0.25, 0.3) is 0 Å². The molecule has 1 aliphatic carbocycles. The summed E-state index contributed by atoms with van der Waals surface area (Å²) in [4.78, 5) is 24.0. The first-order valence-electron chi connectivity index (χ1n) is 6.08. The van der Waals surface area contributed by atoms with Crippen molar-refractivity contribution in [1.29, 1.82) is 0 Å². The lowest BCUT2D eigenvalue weighted by molar-refractivity contribution is -0.124. The Hall–Kier alpha value is -1.01. The van der Waals surface area contributed by atoms with Gasteiger partial charge in [0.15, 0.2) is 0 Å². The first-order chi connectivity index (χ1) is 9.13. The Labute approximate surface area is 124 Å². The molecule has 2 rings (SSSR count). The van der Waals surface area contributed by atoms with Gasteiger partial charge in [0.25, 0.3) is 0 Å². The maximum atomic E-state index is 11.6. The molecule has 0 heterocycles. The van der Waals surface area contributed by atoms with Crippen LogP contribution >= 0.6 is 27.7 Å². The first-order valence-corrected chi connectivity index (χ1v) is 7.86. The molecular formula is C13H15BrN2O2S. The number of benzene rings is 1. The van der Waals surface area contributed by atoms with Crippen LogP contribution in [0.5, 0.6) is 0 Å². The van der Waals surface area contributed by atoms with E-state index in [1.54, 1.807) is 0 Å². The van der Waals surface area contributed by atoms with Gasteiger partial charge in [0.2, 0.25) is 11.8 Å². The molecule has 102 valence electrons. The Morgan fingerprint density at radius 2 is 1.89 bits per heavy atom. The Bertz CT molecular complexity index is 460. The average molecular weight is 343 g/mol. The molecule has 2 N–H and O–H groups in total. The number of halogens is 1. The van der Waals surface area contributed by atoms with Crippen LogP contribution in [0.3, 0.4) is 0 Å². The summed E-state index contributed by atoms with van der Waals surface area (Å²) in [5.41, 5.74) is 0. The second-order valence-corrected chi connectivity index (χ2v) is 6.33. The standard InChI is InChI=1S/C13H15BrN2O2S/c14-9-1-5-11(6-2-9)19-8-13(18)15-7-12(17)16-10-3-4-10/h1-2,5-6,10H,3-4,7-8H2,(H,15,18)(H,16,17). The predicted molar refractivity (Wildman–Crippen MR) is 79.0 cm³/mol. The molecule has 0 spiro atoms. The zero-order valence-electron chi connectivity index (χ0n) is 10.3. The van der Waals surface area contributed by atoms with E-state index in [9.17, 15) is 9.59 Å². The lowest BCUT2D eigenvalue weighted by atomic mass is 10.4. The smallest absolute Gasteiger partial charge is 0.239 e. The molecule has 2 amide bonds. The average Bonchev–Trinajstić information content (AvgIpc) is 3.19. The van der Waals surface area contributed by atoms with Gasteiger partial charge in [-0.25, -0.2) is 0 Å². The van der Waals surface area contributed by atoms with Crippen LogP contribution in [0.1, 0.15) is 12.8 Å². The SMILES string of the molecule is O=C(CSc1ccc(Br)cc1)NCC(=O)NC1CC1. The molecule has 1 saturated carbocycles. The fourth-order valence-electron chi connectivity index (χ4n) is 1.42. The van der Waals surface area contributed by atoms with Crippen LogP contribution in [-0.2, 0) is 9.59 Å². The fourth-order valence-corrected chi connectivity index (χ4v) is 2.41. The largest absolute Gasteiger partial charge is 0.352 e. The Balaban J connectivity index is 1.63.